The zero-order chi connectivity index (χ0) is 14.3. The number of ether oxygens (including phenoxy) is 1. The molecule has 0 saturated heterocycles. The van der Waals surface area contributed by atoms with Crippen molar-refractivity contribution < 1.29 is 9.53 Å². The number of carbonyl (C=O) groups is 1. The minimum Gasteiger partial charge on any atom is -0.490 e. The van der Waals surface area contributed by atoms with Crippen LogP contribution in [0.1, 0.15) is 19.8 Å². The van der Waals surface area contributed by atoms with E-state index in [-0.39, 0.29) is 11.9 Å². The van der Waals surface area contributed by atoms with E-state index < -0.39 is 0 Å². The Morgan fingerprint density at radius 2 is 2.16 bits per heavy atom. The number of nitrogens with zero attached hydrogens (tertiary/aromatic N) is 1. The zero-order valence-electron chi connectivity index (χ0n) is 11.4. The first-order valence-corrected chi connectivity index (χ1v) is 6.75. The number of hydrogen-bond donors (Lipinski definition) is 1. The van der Waals surface area contributed by atoms with Crippen LogP contribution in [0, 0.1) is 0 Å². The first-order chi connectivity index (χ1) is 9.00. The van der Waals surface area contributed by atoms with Gasteiger partial charge in [0.05, 0.1) is 11.6 Å². The monoisotopic (exact) mass is 284 g/mol. The molecule has 0 radical (unpaired) electrons. The van der Waals surface area contributed by atoms with Gasteiger partial charge in [0.25, 0.3) is 0 Å². The highest BCUT2D eigenvalue weighted by Crippen LogP contribution is 2.22. The van der Waals surface area contributed by atoms with E-state index in [0.29, 0.717) is 36.8 Å². The molecule has 2 N–H and O–H groups in total. The highest BCUT2D eigenvalue weighted by atomic mass is 35.5. The molecule has 0 aliphatic rings. The van der Waals surface area contributed by atoms with E-state index in [1.807, 2.05) is 19.1 Å². The van der Waals surface area contributed by atoms with Gasteiger partial charge in [-0.1, -0.05) is 23.7 Å². The maximum atomic E-state index is 11.7. The van der Waals surface area contributed by atoms with Crippen LogP contribution in [0.25, 0.3) is 0 Å². The molecule has 0 heterocycles. The normalized spacial score (nSPS) is 12.0. The second kappa shape index (κ2) is 8.02. The number of para-hydroxylation sites is 1. The quantitative estimate of drug-likeness (QED) is 0.836. The van der Waals surface area contributed by atoms with Crippen LogP contribution in [0.4, 0.5) is 0 Å². The third kappa shape index (κ3) is 5.94. The number of amides is 1. The Kier molecular flexibility index (Phi) is 6.67. The van der Waals surface area contributed by atoms with Crippen LogP contribution in [0.5, 0.6) is 5.75 Å². The largest absolute Gasteiger partial charge is 0.490 e. The van der Waals surface area contributed by atoms with E-state index in [2.05, 4.69) is 0 Å². The summed E-state index contributed by atoms with van der Waals surface area (Å²) in [6.45, 7) is 2.85. The first kappa shape index (κ1) is 15.8. The summed E-state index contributed by atoms with van der Waals surface area (Å²) in [4.78, 5) is 13.4. The molecule has 0 fully saturated rings. The lowest BCUT2D eigenvalue weighted by Crippen LogP contribution is -2.31. The molecule has 0 aliphatic heterocycles. The highest BCUT2D eigenvalue weighted by molar-refractivity contribution is 6.32. The van der Waals surface area contributed by atoms with Crippen molar-refractivity contribution in [2.75, 3.05) is 20.2 Å². The van der Waals surface area contributed by atoms with E-state index >= 15 is 0 Å². The second-order valence-electron chi connectivity index (χ2n) is 4.61. The van der Waals surface area contributed by atoms with E-state index in [1.54, 1.807) is 24.1 Å². The van der Waals surface area contributed by atoms with Crippen molar-refractivity contribution >= 4 is 17.5 Å². The van der Waals surface area contributed by atoms with Crippen molar-refractivity contribution in [1.82, 2.24) is 4.90 Å². The molecule has 0 saturated carbocycles. The van der Waals surface area contributed by atoms with E-state index in [1.165, 1.54) is 0 Å². The third-order valence-electron chi connectivity index (χ3n) is 2.76. The molecule has 0 bridgehead atoms. The molecule has 1 rings (SSSR count). The summed E-state index contributed by atoms with van der Waals surface area (Å²) in [5, 5.41) is 0.577. The standard InChI is InChI=1S/C14H21ClN2O2/c1-11(16)7-8-14(18)17(2)9-10-19-13-6-4-3-5-12(13)15/h3-6,11H,7-10,16H2,1-2H3. The maximum absolute atomic E-state index is 11.7. The fourth-order valence-electron chi connectivity index (χ4n) is 1.52. The Balaban J connectivity index is 2.29. The molecule has 0 spiro atoms. The van der Waals surface area contributed by atoms with Gasteiger partial charge in [-0.05, 0) is 25.5 Å². The molecule has 19 heavy (non-hydrogen) atoms. The van der Waals surface area contributed by atoms with Gasteiger partial charge in [0.15, 0.2) is 0 Å². The van der Waals surface area contributed by atoms with Crippen LogP contribution in [-0.4, -0.2) is 37.0 Å². The van der Waals surface area contributed by atoms with Crippen LogP contribution in [0.3, 0.4) is 0 Å². The summed E-state index contributed by atoms with van der Waals surface area (Å²) in [6.07, 6.45) is 1.18. The van der Waals surface area contributed by atoms with Crippen LogP contribution in [0.15, 0.2) is 24.3 Å². The Morgan fingerprint density at radius 3 is 2.79 bits per heavy atom. The van der Waals surface area contributed by atoms with E-state index in [9.17, 15) is 4.79 Å². The minimum absolute atomic E-state index is 0.0525. The summed E-state index contributed by atoms with van der Waals surface area (Å²) >= 11 is 5.97. The molecule has 1 amide bonds. The predicted octanol–water partition coefficient (Wildman–Crippen LogP) is 2.30. The van der Waals surface area contributed by atoms with Gasteiger partial charge in [0, 0.05) is 19.5 Å². The summed E-state index contributed by atoms with van der Waals surface area (Å²) < 4.78 is 5.53. The smallest absolute Gasteiger partial charge is 0.222 e. The lowest BCUT2D eigenvalue weighted by atomic mass is 10.2. The molecule has 0 aliphatic carbocycles. The molecule has 1 atom stereocenters. The molecular formula is C14H21ClN2O2. The van der Waals surface area contributed by atoms with Gasteiger partial charge < -0.3 is 15.4 Å². The van der Waals surface area contributed by atoms with Crippen molar-refractivity contribution in [3.05, 3.63) is 29.3 Å². The number of nitrogens with two attached hydrogens (primary N) is 1. The van der Waals surface area contributed by atoms with Crippen LogP contribution in [-0.2, 0) is 4.79 Å². The van der Waals surface area contributed by atoms with Gasteiger partial charge >= 0.3 is 0 Å². The molecule has 0 aromatic heterocycles. The topological polar surface area (TPSA) is 55.6 Å². The van der Waals surface area contributed by atoms with Crippen LogP contribution in [0.2, 0.25) is 5.02 Å². The number of benzene rings is 1. The Morgan fingerprint density at radius 1 is 1.47 bits per heavy atom. The van der Waals surface area contributed by atoms with Crippen molar-refractivity contribution in [3.8, 4) is 5.75 Å². The van der Waals surface area contributed by atoms with Crippen molar-refractivity contribution in [2.45, 2.75) is 25.8 Å². The minimum atomic E-state index is 0.0525. The van der Waals surface area contributed by atoms with Gasteiger partial charge in [-0.15, -0.1) is 0 Å². The SMILES string of the molecule is CC(N)CCC(=O)N(C)CCOc1ccccc1Cl. The third-order valence-corrected chi connectivity index (χ3v) is 3.07. The summed E-state index contributed by atoms with van der Waals surface area (Å²) in [5.41, 5.74) is 5.62. The lowest BCUT2D eigenvalue weighted by molar-refractivity contribution is -0.130. The molecule has 1 unspecified atom stereocenters. The fourth-order valence-corrected chi connectivity index (χ4v) is 1.71. The second-order valence-corrected chi connectivity index (χ2v) is 5.02. The van der Waals surface area contributed by atoms with Gasteiger partial charge in [0.1, 0.15) is 12.4 Å². The molecular weight excluding hydrogens is 264 g/mol. The maximum Gasteiger partial charge on any atom is 0.222 e. The van der Waals surface area contributed by atoms with E-state index in [0.717, 1.165) is 0 Å². The van der Waals surface area contributed by atoms with Crippen molar-refractivity contribution in [1.29, 1.82) is 0 Å². The summed E-state index contributed by atoms with van der Waals surface area (Å²) in [7, 11) is 1.76. The van der Waals surface area contributed by atoms with Gasteiger partial charge in [-0.3, -0.25) is 4.79 Å². The van der Waals surface area contributed by atoms with Crippen LogP contribution < -0.4 is 10.5 Å². The first-order valence-electron chi connectivity index (χ1n) is 6.37. The highest BCUT2D eigenvalue weighted by Gasteiger charge is 2.09. The average Bonchev–Trinajstić information content (AvgIpc) is 2.38. The Bertz CT molecular complexity index is 410. The number of halogens is 1. The van der Waals surface area contributed by atoms with E-state index in [4.69, 9.17) is 22.1 Å². The van der Waals surface area contributed by atoms with Gasteiger partial charge in [-0.25, -0.2) is 0 Å². The number of hydrogen-bond acceptors (Lipinski definition) is 3. The zero-order valence-corrected chi connectivity index (χ0v) is 12.2. The summed E-state index contributed by atoms with van der Waals surface area (Å²) in [5.74, 6) is 0.723. The number of likely N-dealkylation sites (N-methyl/N-ethyl adjacent to an activating group) is 1. The van der Waals surface area contributed by atoms with Gasteiger partial charge in [-0.2, -0.15) is 0 Å². The molecule has 1 aromatic rings. The van der Waals surface area contributed by atoms with Crippen molar-refractivity contribution in [2.24, 2.45) is 5.73 Å². The molecule has 4 nitrogen and oxygen atoms in total. The van der Waals surface area contributed by atoms with Crippen LogP contribution >= 0.6 is 11.6 Å². The summed E-state index contributed by atoms with van der Waals surface area (Å²) in [6, 6.07) is 7.34. The molecule has 106 valence electrons. The molecule has 1 aromatic carbocycles. The molecule has 5 heteroatoms. The Hall–Kier alpha value is -1.26. The fraction of sp³-hybridized carbons (Fsp3) is 0.500. The Labute approximate surface area is 119 Å². The van der Waals surface area contributed by atoms with Crippen molar-refractivity contribution in [3.63, 3.8) is 0 Å². The lowest BCUT2D eigenvalue weighted by Gasteiger charge is -2.18. The average molecular weight is 285 g/mol. The number of rotatable bonds is 7. The number of carbonyl (C=O) groups excluding carboxylic acids is 1. The predicted molar refractivity (Wildman–Crippen MR) is 77.5 cm³/mol. The van der Waals surface area contributed by atoms with Gasteiger partial charge in [0.2, 0.25) is 5.91 Å².